The molecule has 0 saturated heterocycles. The van der Waals surface area contributed by atoms with Gasteiger partial charge in [-0.25, -0.2) is 8.42 Å². The number of unbranched alkanes of at least 4 members (excludes halogenated alkanes) is 19. The van der Waals surface area contributed by atoms with E-state index in [4.69, 9.17) is 0 Å². The van der Waals surface area contributed by atoms with E-state index in [1.165, 1.54) is 128 Å². The Morgan fingerprint density at radius 2 is 1.12 bits per heavy atom. The van der Waals surface area contributed by atoms with Gasteiger partial charge in [0.1, 0.15) is 10.1 Å². The average molecular weight is 621 g/mol. The van der Waals surface area contributed by atoms with Gasteiger partial charge in [0.15, 0.2) is 0 Å². The number of nitrogens with zero attached hydrogens (tertiary/aromatic N) is 1. The van der Waals surface area contributed by atoms with Crippen molar-refractivity contribution in [1.82, 2.24) is 0 Å². The van der Waals surface area contributed by atoms with Crippen LogP contribution in [0.25, 0.3) is 0 Å². The Morgan fingerprint density at radius 1 is 0.651 bits per heavy atom. The number of benzene rings is 2. The molecule has 0 radical (unpaired) electrons. The molecule has 0 aromatic heterocycles. The molecular formula is C36H57N2NaO3S. The standard InChI is InChI=1S/C36H58N2O3S.Na/c1-2-3-4-5-6-7-8-9-10-11-12-13-14-15-16-17-18-19-20-24-30-35-37-33-28-25-29-34(42(39,40)41)36(33)38(35)31-32-26-22-21-23-27-32;/h21-23,25-29,35,37H,2-20,24,30-31H2,1H3,(H,39,40,41);/q;+1/p-1. The van der Waals surface area contributed by atoms with Crippen molar-refractivity contribution < 1.29 is 42.5 Å². The Hall–Kier alpha value is -1.05. The van der Waals surface area contributed by atoms with Crippen LogP contribution in [0.2, 0.25) is 0 Å². The number of hydrogen-bond donors (Lipinski definition) is 1. The van der Waals surface area contributed by atoms with Crippen LogP contribution in [0.4, 0.5) is 11.4 Å². The smallest absolute Gasteiger partial charge is 0.744 e. The first-order valence-corrected chi connectivity index (χ1v) is 18.6. The summed E-state index contributed by atoms with van der Waals surface area (Å²) in [5, 5.41) is 3.50. The monoisotopic (exact) mass is 620 g/mol. The zero-order chi connectivity index (χ0) is 29.9. The summed E-state index contributed by atoms with van der Waals surface area (Å²) in [4.78, 5) is 1.94. The molecule has 1 unspecified atom stereocenters. The minimum absolute atomic E-state index is 0. The minimum Gasteiger partial charge on any atom is -0.744 e. The third kappa shape index (κ3) is 14.7. The summed E-state index contributed by atoms with van der Waals surface area (Å²) >= 11 is 0. The van der Waals surface area contributed by atoms with E-state index in [-0.39, 0.29) is 40.6 Å². The molecule has 43 heavy (non-hydrogen) atoms. The zero-order valence-corrected chi connectivity index (χ0v) is 30.1. The molecule has 0 saturated carbocycles. The van der Waals surface area contributed by atoms with E-state index < -0.39 is 10.1 Å². The Labute approximate surface area is 286 Å². The van der Waals surface area contributed by atoms with Gasteiger partial charge in [0, 0.05) is 6.54 Å². The summed E-state index contributed by atoms with van der Waals surface area (Å²) in [6.45, 7) is 2.85. The third-order valence-electron chi connectivity index (χ3n) is 8.78. The topological polar surface area (TPSA) is 72.5 Å². The van der Waals surface area contributed by atoms with E-state index >= 15 is 0 Å². The maximum absolute atomic E-state index is 12.0. The predicted octanol–water partition coefficient (Wildman–Crippen LogP) is 7.56. The van der Waals surface area contributed by atoms with Crippen molar-refractivity contribution >= 4 is 21.5 Å². The van der Waals surface area contributed by atoms with Crippen molar-refractivity contribution in [1.29, 1.82) is 0 Å². The molecule has 236 valence electrons. The van der Waals surface area contributed by atoms with Gasteiger partial charge in [0.2, 0.25) is 0 Å². The van der Waals surface area contributed by atoms with Crippen LogP contribution in [0.1, 0.15) is 147 Å². The molecule has 0 amide bonds. The molecule has 0 bridgehead atoms. The second kappa shape index (κ2) is 22.5. The quantitative estimate of drug-likeness (QED) is 0.0745. The molecule has 7 heteroatoms. The van der Waals surface area contributed by atoms with Crippen molar-refractivity contribution in [2.45, 2.75) is 159 Å². The van der Waals surface area contributed by atoms with E-state index in [0.29, 0.717) is 12.2 Å². The summed E-state index contributed by atoms with van der Waals surface area (Å²) in [5.74, 6) is 0. The maximum Gasteiger partial charge on any atom is 1.00 e. The minimum atomic E-state index is -4.56. The number of hydrogen-bond acceptors (Lipinski definition) is 5. The van der Waals surface area contributed by atoms with Crippen LogP contribution in [-0.4, -0.2) is 19.1 Å². The molecule has 0 fully saturated rings. The fourth-order valence-corrected chi connectivity index (χ4v) is 7.05. The number of para-hydroxylation sites is 1. The van der Waals surface area contributed by atoms with Gasteiger partial charge in [-0.05, 0) is 30.5 Å². The van der Waals surface area contributed by atoms with Gasteiger partial charge in [0.25, 0.3) is 0 Å². The van der Waals surface area contributed by atoms with Crippen molar-refractivity contribution in [2.24, 2.45) is 0 Å². The van der Waals surface area contributed by atoms with E-state index in [1.54, 1.807) is 6.07 Å². The first kappa shape index (κ1) is 38.1. The van der Waals surface area contributed by atoms with Gasteiger partial charge >= 0.3 is 29.6 Å². The maximum atomic E-state index is 12.0. The molecule has 2 aromatic rings. The fourth-order valence-electron chi connectivity index (χ4n) is 6.34. The van der Waals surface area contributed by atoms with Crippen LogP contribution in [0.5, 0.6) is 0 Å². The predicted molar refractivity (Wildman–Crippen MR) is 177 cm³/mol. The van der Waals surface area contributed by atoms with Crippen molar-refractivity contribution in [2.75, 3.05) is 10.2 Å². The molecular weight excluding hydrogens is 563 g/mol. The Balaban J connectivity index is 0.00000645. The van der Waals surface area contributed by atoms with Crippen LogP contribution in [0.15, 0.2) is 53.4 Å². The van der Waals surface area contributed by atoms with Crippen molar-refractivity contribution in [3.05, 3.63) is 54.1 Å². The van der Waals surface area contributed by atoms with Gasteiger partial charge in [-0.2, -0.15) is 0 Å². The van der Waals surface area contributed by atoms with Crippen LogP contribution in [-0.2, 0) is 16.7 Å². The van der Waals surface area contributed by atoms with E-state index in [9.17, 15) is 13.0 Å². The summed E-state index contributed by atoms with van der Waals surface area (Å²) in [6, 6.07) is 15.0. The number of nitrogens with one attached hydrogen (secondary N) is 1. The normalized spacial score (nSPS) is 14.4. The average Bonchev–Trinajstić information content (AvgIpc) is 3.33. The number of rotatable bonds is 24. The first-order valence-electron chi connectivity index (χ1n) is 17.2. The molecule has 3 rings (SSSR count). The summed E-state index contributed by atoms with van der Waals surface area (Å²) < 4.78 is 36.1. The summed E-state index contributed by atoms with van der Waals surface area (Å²) in [5.41, 5.74) is 2.36. The van der Waals surface area contributed by atoms with Gasteiger partial charge in [-0.3, -0.25) is 0 Å². The van der Waals surface area contributed by atoms with Crippen LogP contribution >= 0.6 is 0 Å². The fraction of sp³-hybridized carbons (Fsp3) is 0.667. The Kier molecular flexibility index (Phi) is 19.9. The molecule has 0 aliphatic carbocycles. The van der Waals surface area contributed by atoms with Crippen molar-refractivity contribution in [3.63, 3.8) is 0 Å². The molecule has 1 heterocycles. The largest absolute Gasteiger partial charge is 1.00 e. The van der Waals surface area contributed by atoms with Gasteiger partial charge in [-0.1, -0.05) is 165 Å². The first-order chi connectivity index (χ1) is 20.5. The number of anilines is 2. The Morgan fingerprint density at radius 3 is 1.58 bits per heavy atom. The molecule has 1 N–H and O–H groups in total. The SMILES string of the molecule is CCCCCCCCCCCCCCCCCCCCCCC1Nc2cccc(S(=O)(=O)[O-])c2N1Cc1ccccc1.[Na+]. The third-order valence-corrected chi connectivity index (χ3v) is 9.65. The van der Waals surface area contributed by atoms with E-state index in [1.807, 2.05) is 36.4 Å². The second-order valence-corrected chi connectivity index (χ2v) is 13.7. The van der Waals surface area contributed by atoms with Crippen molar-refractivity contribution in [3.8, 4) is 0 Å². The molecule has 1 atom stereocenters. The van der Waals surface area contributed by atoms with Gasteiger partial charge in [0.05, 0.1) is 22.4 Å². The molecule has 2 aromatic carbocycles. The van der Waals surface area contributed by atoms with Gasteiger partial charge in [-0.15, -0.1) is 0 Å². The zero-order valence-electron chi connectivity index (χ0n) is 27.3. The van der Waals surface area contributed by atoms with E-state index in [2.05, 4.69) is 17.1 Å². The summed E-state index contributed by atoms with van der Waals surface area (Å²) in [6.07, 6.45) is 28.2. The summed E-state index contributed by atoms with van der Waals surface area (Å²) in [7, 11) is -4.56. The second-order valence-electron chi connectivity index (χ2n) is 12.4. The van der Waals surface area contributed by atoms with Gasteiger partial charge < -0.3 is 14.8 Å². The van der Waals surface area contributed by atoms with Crippen LogP contribution in [0.3, 0.4) is 0 Å². The van der Waals surface area contributed by atoms with Crippen LogP contribution < -0.4 is 39.8 Å². The Bertz CT molecular complexity index is 1100. The molecule has 1 aliphatic rings. The number of fused-ring (bicyclic) bond motifs is 1. The molecule has 1 aliphatic heterocycles. The molecule has 5 nitrogen and oxygen atoms in total. The molecule has 0 spiro atoms. The van der Waals surface area contributed by atoms with E-state index in [0.717, 1.165) is 24.1 Å². The van der Waals surface area contributed by atoms with Crippen LogP contribution in [0, 0.1) is 0 Å².